The first-order chi connectivity index (χ1) is 26.1. The highest BCUT2D eigenvalue weighted by Crippen LogP contribution is 2.19. The Balaban J connectivity index is 1.50. The predicted octanol–water partition coefficient (Wildman–Crippen LogP) is 13.6. The molecule has 0 aliphatic rings. The van der Waals surface area contributed by atoms with Crippen molar-refractivity contribution in [2.75, 3.05) is 18.0 Å². The summed E-state index contributed by atoms with van der Waals surface area (Å²) in [5.41, 5.74) is 6.00. The molecule has 3 rings (SSSR count). The Morgan fingerprint density at radius 2 is 0.736 bits per heavy atom. The molecule has 0 unspecified atom stereocenters. The van der Waals surface area contributed by atoms with Gasteiger partial charge in [-0.05, 0) is 85.1 Å². The summed E-state index contributed by atoms with van der Waals surface area (Å²) in [5, 5.41) is 17.9. The van der Waals surface area contributed by atoms with Gasteiger partial charge in [0.05, 0.1) is 0 Å². The van der Waals surface area contributed by atoms with E-state index in [0.717, 1.165) is 40.9 Å². The van der Waals surface area contributed by atoms with Gasteiger partial charge in [-0.3, -0.25) is 0 Å². The number of hydrogen-bond acceptors (Lipinski definition) is 3. The number of unbranched alkanes of at least 4 members (excludes halogenated alkanes) is 18. The smallest absolute Gasteiger partial charge is 0.130 e. The zero-order chi connectivity index (χ0) is 37.6. The van der Waals surface area contributed by atoms with Crippen molar-refractivity contribution in [3.8, 4) is 35.8 Å². The van der Waals surface area contributed by atoms with Crippen LogP contribution in [0.2, 0.25) is 0 Å². The van der Waals surface area contributed by atoms with Gasteiger partial charge in [0.25, 0.3) is 0 Å². The number of nitriles is 2. The van der Waals surface area contributed by atoms with Crippen molar-refractivity contribution in [2.24, 2.45) is 0 Å². The second-order valence-corrected chi connectivity index (χ2v) is 14.4. The molecular formula is C50H63N3. The summed E-state index contributed by atoms with van der Waals surface area (Å²) in [6.07, 6.45) is 29.0. The lowest BCUT2D eigenvalue weighted by atomic mass is 10.1. The zero-order valence-electron chi connectivity index (χ0n) is 32.9. The highest BCUT2D eigenvalue weighted by atomic mass is 15.1. The Hall–Kier alpha value is -4.70. The molecule has 3 aromatic rings. The molecule has 53 heavy (non-hydrogen) atoms. The third-order valence-corrected chi connectivity index (χ3v) is 9.85. The first kappa shape index (κ1) is 42.7. The van der Waals surface area contributed by atoms with Crippen LogP contribution >= 0.6 is 0 Å². The van der Waals surface area contributed by atoms with Crippen LogP contribution in [0.5, 0.6) is 0 Å². The van der Waals surface area contributed by atoms with Crippen molar-refractivity contribution >= 4 is 11.8 Å². The largest absolute Gasteiger partial charge is 0.372 e. The molecule has 0 spiro atoms. The number of hydrogen-bond donors (Lipinski definition) is 0. The van der Waals surface area contributed by atoms with Crippen LogP contribution < -0.4 is 4.90 Å². The highest BCUT2D eigenvalue weighted by molar-refractivity contribution is 5.62. The fourth-order valence-corrected chi connectivity index (χ4v) is 6.55. The van der Waals surface area contributed by atoms with Crippen molar-refractivity contribution in [3.05, 3.63) is 106 Å². The molecule has 0 radical (unpaired) electrons. The summed E-state index contributed by atoms with van der Waals surface area (Å²) in [6, 6.07) is 28.2. The summed E-state index contributed by atoms with van der Waals surface area (Å²) in [5.74, 6) is 13.1. The summed E-state index contributed by atoms with van der Waals surface area (Å²) in [4.78, 5) is 2.62. The van der Waals surface area contributed by atoms with Gasteiger partial charge in [0.2, 0.25) is 0 Å². The second kappa shape index (κ2) is 27.9. The molecule has 0 heterocycles. The summed E-state index contributed by atoms with van der Waals surface area (Å²) < 4.78 is 0. The van der Waals surface area contributed by atoms with Crippen molar-refractivity contribution in [1.29, 1.82) is 10.5 Å². The van der Waals surface area contributed by atoms with E-state index in [0.29, 0.717) is 0 Å². The average Bonchev–Trinajstić information content (AvgIpc) is 3.20. The summed E-state index contributed by atoms with van der Waals surface area (Å²) in [6.45, 7) is 6.87. The molecule has 0 atom stereocenters. The minimum Gasteiger partial charge on any atom is -0.372 e. The molecule has 0 saturated heterocycles. The van der Waals surface area contributed by atoms with E-state index < -0.39 is 0 Å². The lowest BCUT2D eigenvalue weighted by Crippen LogP contribution is -2.25. The monoisotopic (exact) mass is 706 g/mol. The number of benzene rings is 3. The van der Waals surface area contributed by atoms with E-state index in [2.05, 4.69) is 66.7 Å². The van der Waals surface area contributed by atoms with Gasteiger partial charge in [-0.2, -0.15) is 10.5 Å². The molecule has 0 bridgehead atoms. The maximum absolute atomic E-state index is 8.95. The Morgan fingerprint density at radius 1 is 0.434 bits per heavy atom. The number of anilines is 1. The Labute approximate surface area is 323 Å². The van der Waals surface area contributed by atoms with E-state index in [1.165, 1.54) is 134 Å². The second-order valence-electron chi connectivity index (χ2n) is 14.4. The van der Waals surface area contributed by atoms with Crippen LogP contribution in [-0.2, 0) is 0 Å². The van der Waals surface area contributed by atoms with Crippen molar-refractivity contribution in [2.45, 2.75) is 142 Å². The number of nitrogens with zero attached hydrogens (tertiary/aromatic N) is 3. The molecule has 0 aliphatic heterocycles. The van der Waals surface area contributed by atoms with Crippen LogP contribution in [0.4, 0.5) is 5.69 Å². The van der Waals surface area contributed by atoms with Gasteiger partial charge in [0, 0.05) is 41.0 Å². The van der Waals surface area contributed by atoms with Gasteiger partial charge in [-0.25, -0.2) is 0 Å². The normalized spacial score (nSPS) is 10.3. The van der Waals surface area contributed by atoms with Gasteiger partial charge >= 0.3 is 0 Å². The van der Waals surface area contributed by atoms with E-state index in [9.17, 15) is 0 Å². The number of allylic oxidation sites excluding steroid dienone is 1. The minimum absolute atomic E-state index is 0.0836. The lowest BCUT2D eigenvalue weighted by Gasteiger charge is -2.25. The first-order valence-electron chi connectivity index (χ1n) is 20.8. The minimum atomic E-state index is 0.0836. The van der Waals surface area contributed by atoms with Gasteiger partial charge < -0.3 is 4.90 Å². The SMILES string of the molecule is CCCCCCCCCCCCN(CCCCCCCCCCCC)c1ccc(C#Cc2ccc(C#Cc3ccc(C=C(C#N)C#N)cc3)cc2)cc1. The predicted molar refractivity (Wildman–Crippen MR) is 226 cm³/mol. The molecule has 0 aliphatic carbocycles. The summed E-state index contributed by atoms with van der Waals surface area (Å²) in [7, 11) is 0. The van der Waals surface area contributed by atoms with E-state index in [-0.39, 0.29) is 5.57 Å². The van der Waals surface area contributed by atoms with E-state index >= 15 is 0 Å². The topological polar surface area (TPSA) is 50.8 Å². The van der Waals surface area contributed by atoms with Crippen molar-refractivity contribution in [1.82, 2.24) is 0 Å². The molecular weight excluding hydrogens is 643 g/mol. The molecule has 3 heteroatoms. The molecule has 0 aromatic heterocycles. The third-order valence-electron chi connectivity index (χ3n) is 9.85. The van der Waals surface area contributed by atoms with E-state index in [1.54, 1.807) is 6.08 Å². The van der Waals surface area contributed by atoms with E-state index in [4.69, 9.17) is 10.5 Å². The van der Waals surface area contributed by atoms with Gasteiger partial charge in [0.1, 0.15) is 17.7 Å². The van der Waals surface area contributed by atoms with Crippen LogP contribution in [0, 0.1) is 46.3 Å². The van der Waals surface area contributed by atoms with Crippen LogP contribution in [0.1, 0.15) is 170 Å². The third kappa shape index (κ3) is 19.1. The Morgan fingerprint density at radius 3 is 1.08 bits per heavy atom. The molecule has 3 aromatic carbocycles. The van der Waals surface area contributed by atoms with E-state index in [1.807, 2.05) is 60.7 Å². The Bertz CT molecular complexity index is 1620. The molecule has 0 fully saturated rings. The molecule has 0 N–H and O–H groups in total. The zero-order valence-corrected chi connectivity index (χ0v) is 32.9. The fourth-order valence-electron chi connectivity index (χ4n) is 6.55. The number of rotatable bonds is 24. The van der Waals surface area contributed by atoms with Gasteiger partial charge in [0.15, 0.2) is 0 Å². The van der Waals surface area contributed by atoms with Crippen molar-refractivity contribution in [3.63, 3.8) is 0 Å². The maximum atomic E-state index is 8.95. The molecule has 0 saturated carbocycles. The highest BCUT2D eigenvalue weighted by Gasteiger charge is 2.07. The fraction of sp³-hybridized carbons (Fsp3) is 0.480. The van der Waals surface area contributed by atoms with Crippen LogP contribution in [-0.4, -0.2) is 13.1 Å². The van der Waals surface area contributed by atoms with Crippen LogP contribution in [0.15, 0.2) is 78.4 Å². The van der Waals surface area contributed by atoms with Gasteiger partial charge in [-0.15, -0.1) is 0 Å². The van der Waals surface area contributed by atoms with Crippen molar-refractivity contribution < 1.29 is 0 Å². The molecule has 278 valence electrons. The quantitative estimate of drug-likeness (QED) is 0.0529. The average molecular weight is 706 g/mol. The van der Waals surface area contributed by atoms with Crippen LogP contribution in [0.25, 0.3) is 6.08 Å². The maximum Gasteiger partial charge on any atom is 0.130 e. The van der Waals surface area contributed by atoms with Gasteiger partial charge in [-0.1, -0.05) is 165 Å². The Kier molecular flexibility index (Phi) is 22.5. The first-order valence-corrected chi connectivity index (χ1v) is 20.8. The van der Waals surface area contributed by atoms with Crippen LogP contribution in [0.3, 0.4) is 0 Å². The molecule has 3 nitrogen and oxygen atoms in total. The lowest BCUT2D eigenvalue weighted by molar-refractivity contribution is 0.543. The summed E-state index contributed by atoms with van der Waals surface area (Å²) >= 11 is 0. The standard InChI is InChI=1S/C50H63N3/c1-3-5-7-9-11-13-15-17-19-21-39-53(40-22-20-18-16-14-12-10-8-6-4-2)50-37-35-47(36-38-50)30-29-45-25-23-44(24-26-45)27-28-46-31-33-48(34-32-46)41-49(42-51)43-52/h23-26,31-38,41H,3-22,39-40H2,1-2H3. The molecule has 0 amide bonds.